The molecule has 0 N–H and O–H groups in total. The van der Waals surface area contributed by atoms with E-state index in [2.05, 4.69) is 35.1 Å². The smallest absolute Gasteiger partial charge is 0.233 e. The molecule has 0 saturated heterocycles. The van der Waals surface area contributed by atoms with Crippen molar-refractivity contribution in [1.82, 2.24) is 4.90 Å². The second-order valence-electron chi connectivity index (χ2n) is 11.3. The second-order valence-corrected chi connectivity index (χ2v) is 11.3. The molecule has 2 aromatic rings. The monoisotopic (exact) mass is 531 g/mol. The van der Waals surface area contributed by atoms with E-state index in [-0.39, 0.29) is 17.5 Å². The van der Waals surface area contributed by atoms with Crippen molar-refractivity contribution < 1.29 is 13.6 Å². The predicted octanol–water partition coefficient (Wildman–Crippen LogP) is 8.44. The molecule has 2 heterocycles. The first kappa shape index (κ1) is 28.6. The fraction of sp³-hybridized carbons (Fsp3) is 0.424. The van der Waals surface area contributed by atoms with E-state index in [0.717, 1.165) is 48.8 Å². The van der Waals surface area contributed by atoms with Crippen molar-refractivity contribution in [3.05, 3.63) is 88.8 Å². The molecule has 39 heavy (non-hydrogen) atoms. The topological polar surface area (TPSA) is 45.0 Å². The van der Waals surface area contributed by atoms with Crippen LogP contribution in [0.4, 0.5) is 8.78 Å². The van der Waals surface area contributed by atoms with Crippen LogP contribution in [0.3, 0.4) is 0 Å². The van der Waals surface area contributed by atoms with Gasteiger partial charge in [-0.05, 0) is 54.2 Å². The van der Waals surface area contributed by atoms with Gasteiger partial charge in [-0.1, -0.05) is 83.4 Å². The van der Waals surface area contributed by atoms with Crippen LogP contribution < -0.4 is 0 Å². The molecular weight excluding hydrogens is 492 g/mol. The number of hydrogen-bond acceptors (Lipinski definition) is 3. The number of rotatable bonds is 9. The Morgan fingerprint density at radius 1 is 1.00 bits per heavy atom. The predicted molar refractivity (Wildman–Crippen MR) is 156 cm³/mol. The van der Waals surface area contributed by atoms with E-state index in [1.807, 2.05) is 50.1 Å². The zero-order valence-corrected chi connectivity index (χ0v) is 23.5. The molecule has 2 aliphatic rings. The quantitative estimate of drug-likeness (QED) is 0.299. The summed E-state index contributed by atoms with van der Waals surface area (Å²) in [6, 6.07) is 12.0. The van der Waals surface area contributed by atoms with Gasteiger partial charge in [-0.25, -0.2) is 13.8 Å². The summed E-state index contributed by atoms with van der Waals surface area (Å²) >= 11 is 0. The third-order valence-corrected chi connectivity index (χ3v) is 7.25. The normalized spacial score (nSPS) is 17.4. The van der Waals surface area contributed by atoms with Gasteiger partial charge < -0.3 is 0 Å². The molecule has 0 bridgehead atoms. The molecule has 206 valence electrons. The fourth-order valence-corrected chi connectivity index (χ4v) is 5.03. The first-order valence-corrected chi connectivity index (χ1v) is 14.1. The molecule has 4 nitrogen and oxygen atoms in total. The molecule has 0 fully saturated rings. The summed E-state index contributed by atoms with van der Waals surface area (Å²) in [6.45, 7) is 8.69. The summed E-state index contributed by atoms with van der Waals surface area (Å²) in [5.41, 5.74) is 3.20. The highest BCUT2D eigenvalue weighted by Crippen LogP contribution is 2.33. The molecule has 1 amide bonds. The summed E-state index contributed by atoms with van der Waals surface area (Å²) in [4.78, 5) is 24.4. The lowest BCUT2D eigenvalue weighted by Crippen LogP contribution is -2.39. The molecule has 2 aromatic carbocycles. The van der Waals surface area contributed by atoms with E-state index in [1.54, 1.807) is 0 Å². The minimum Gasteiger partial charge on any atom is -0.296 e. The van der Waals surface area contributed by atoms with Crippen molar-refractivity contribution in [2.45, 2.75) is 78.7 Å². The number of nitrogens with zero attached hydrogens (tertiary/aromatic N) is 3. The third-order valence-electron chi connectivity index (χ3n) is 7.25. The number of amides is 1. The molecule has 1 unspecified atom stereocenters. The maximum Gasteiger partial charge on any atom is 0.233 e. The lowest BCUT2D eigenvalue weighted by atomic mass is 9.94. The van der Waals surface area contributed by atoms with E-state index < -0.39 is 17.0 Å². The van der Waals surface area contributed by atoms with Gasteiger partial charge in [0.15, 0.2) is 0 Å². The van der Waals surface area contributed by atoms with Crippen LogP contribution in [-0.4, -0.2) is 29.3 Å². The lowest BCUT2D eigenvalue weighted by molar-refractivity contribution is -0.137. The minimum atomic E-state index is -0.567. The van der Waals surface area contributed by atoms with E-state index in [1.165, 1.54) is 18.2 Å². The van der Waals surface area contributed by atoms with Crippen LogP contribution in [-0.2, 0) is 4.79 Å². The van der Waals surface area contributed by atoms with Crippen LogP contribution in [0.5, 0.6) is 0 Å². The Morgan fingerprint density at radius 3 is 2.38 bits per heavy atom. The van der Waals surface area contributed by atoms with Crippen molar-refractivity contribution in [3.63, 3.8) is 0 Å². The van der Waals surface area contributed by atoms with Gasteiger partial charge in [0.05, 0.1) is 11.6 Å². The van der Waals surface area contributed by atoms with Crippen LogP contribution in [0.25, 0.3) is 5.57 Å². The van der Waals surface area contributed by atoms with Gasteiger partial charge in [0.25, 0.3) is 0 Å². The van der Waals surface area contributed by atoms with Crippen molar-refractivity contribution in [1.29, 1.82) is 0 Å². The van der Waals surface area contributed by atoms with Crippen LogP contribution >= 0.6 is 0 Å². The maximum absolute atomic E-state index is 14.2. The van der Waals surface area contributed by atoms with Crippen molar-refractivity contribution in [2.75, 3.05) is 6.54 Å². The summed E-state index contributed by atoms with van der Waals surface area (Å²) < 4.78 is 28.5. The molecule has 1 atom stereocenters. The Kier molecular flexibility index (Phi) is 9.26. The van der Waals surface area contributed by atoms with Crippen LogP contribution in [0.1, 0.15) is 95.4 Å². The average Bonchev–Trinajstić information content (AvgIpc) is 3.25. The molecule has 6 heteroatoms. The van der Waals surface area contributed by atoms with Gasteiger partial charge >= 0.3 is 0 Å². The molecule has 4 rings (SSSR count). The number of unbranched alkanes of at least 4 members (excludes halogenated alkanes) is 3. The average molecular weight is 532 g/mol. The summed E-state index contributed by atoms with van der Waals surface area (Å²) in [7, 11) is 0. The van der Waals surface area contributed by atoms with E-state index in [4.69, 9.17) is 0 Å². The Labute approximate surface area is 231 Å². The highest BCUT2D eigenvalue weighted by molar-refractivity contribution is 6.02. The number of benzene rings is 2. The van der Waals surface area contributed by atoms with Crippen LogP contribution in [0, 0.1) is 17.0 Å². The van der Waals surface area contributed by atoms with Gasteiger partial charge in [-0.15, -0.1) is 0 Å². The first-order chi connectivity index (χ1) is 18.7. The second kappa shape index (κ2) is 12.6. The van der Waals surface area contributed by atoms with Crippen molar-refractivity contribution >= 4 is 23.4 Å². The molecule has 0 aromatic heterocycles. The number of aliphatic imine (C=N–C) groups is 2. The van der Waals surface area contributed by atoms with E-state index in [0.29, 0.717) is 30.9 Å². The summed E-state index contributed by atoms with van der Waals surface area (Å²) in [6.07, 6.45) is 12.2. The number of allylic oxidation sites excluding steroid dienone is 3. The Bertz CT molecular complexity index is 1280. The van der Waals surface area contributed by atoms with Crippen molar-refractivity contribution in [3.8, 4) is 0 Å². The van der Waals surface area contributed by atoms with Gasteiger partial charge in [0, 0.05) is 30.3 Å². The van der Waals surface area contributed by atoms with Crippen LogP contribution in [0.15, 0.2) is 70.4 Å². The number of halogens is 2. The van der Waals surface area contributed by atoms with Gasteiger partial charge in [-0.3, -0.25) is 14.7 Å². The van der Waals surface area contributed by atoms with Crippen LogP contribution in [0.2, 0.25) is 0 Å². The standard InChI is InChI=1S/C33H39F2N3O/c1-5-6-7-8-22-38(32(39)33(2,3)4)30-19-16-24(20-21-36-30)23-12-14-25(15-13-23)28-17-18-29(37-28)31-26(34)10-9-11-27(31)35/h9-16,19,21,28H,5-8,17-18,20,22H2,1-4H3. The lowest BCUT2D eigenvalue weighted by Gasteiger charge is -2.29. The Balaban J connectivity index is 1.51. The SMILES string of the molecule is CCCCCCN(C(=O)C(C)(C)C)C1=CC=C(c2ccc(C3CCC(c4c(F)cccc4F)=N3)cc2)CC=N1. The summed E-state index contributed by atoms with van der Waals surface area (Å²) in [5.74, 6) is -0.368. The van der Waals surface area contributed by atoms with E-state index >= 15 is 0 Å². The molecule has 0 spiro atoms. The molecular formula is C33H39F2N3O. The Morgan fingerprint density at radius 2 is 1.72 bits per heavy atom. The highest BCUT2D eigenvalue weighted by Gasteiger charge is 2.29. The minimum absolute atomic E-state index is 0.00791. The highest BCUT2D eigenvalue weighted by atomic mass is 19.1. The van der Waals surface area contributed by atoms with Gasteiger partial charge in [0.2, 0.25) is 5.91 Å². The maximum atomic E-state index is 14.2. The molecule has 0 radical (unpaired) electrons. The first-order valence-electron chi connectivity index (χ1n) is 14.1. The third kappa shape index (κ3) is 6.97. The Hall–Kier alpha value is -3.41. The van der Waals surface area contributed by atoms with Gasteiger partial charge in [0.1, 0.15) is 17.5 Å². The fourth-order valence-electron chi connectivity index (χ4n) is 5.03. The number of hydrogen-bond donors (Lipinski definition) is 0. The molecule has 2 aliphatic heterocycles. The van der Waals surface area contributed by atoms with Gasteiger partial charge in [-0.2, -0.15) is 0 Å². The number of carbonyl (C=O) groups is 1. The van der Waals surface area contributed by atoms with Crippen molar-refractivity contribution in [2.24, 2.45) is 15.4 Å². The summed E-state index contributed by atoms with van der Waals surface area (Å²) in [5, 5.41) is 0. The zero-order chi connectivity index (χ0) is 28.0. The largest absolute Gasteiger partial charge is 0.296 e. The zero-order valence-electron chi connectivity index (χ0n) is 23.5. The molecule has 0 saturated carbocycles. The van der Waals surface area contributed by atoms with E-state index in [9.17, 15) is 13.6 Å². The number of carbonyl (C=O) groups excluding carboxylic acids is 1. The molecule has 0 aliphatic carbocycles.